The lowest BCUT2D eigenvalue weighted by Crippen LogP contribution is -2.44. The maximum absolute atomic E-state index is 14.7. The van der Waals surface area contributed by atoms with E-state index in [-0.39, 0.29) is 16.8 Å². The SMILES string of the molecule is O=C(Nc1ccc(Cl)cc1)C1C(c2cccc([N+](=O)[O-])c2)C2(C(=O)c3ccccc3C2=O)C2c3ccccc3C=NN12. The minimum atomic E-state index is -1.82. The number of ketones is 2. The predicted molar refractivity (Wildman–Crippen MR) is 156 cm³/mol. The quantitative estimate of drug-likeness (QED) is 0.186. The maximum Gasteiger partial charge on any atom is 0.269 e. The second-order valence-corrected chi connectivity index (χ2v) is 10.9. The number of nitrogens with zero attached hydrogens (tertiary/aromatic N) is 3. The normalized spacial score (nSPS) is 21.2. The molecule has 0 bridgehead atoms. The Morgan fingerprint density at radius 1 is 0.905 bits per heavy atom. The molecule has 1 saturated heterocycles. The van der Waals surface area contributed by atoms with Crippen LogP contribution < -0.4 is 5.32 Å². The number of benzene rings is 4. The lowest BCUT2D eigenvalue weighted by Gasteiger charge is -2.36. The summed E-state index contributed by atoms with van der Waals surface area (Å²) >= 11 is 6.05. The fraction of sp³-hybridized carbons (Fsp3) is 0.125. The second-order valence-electron chi connectivity index (χ2n) is 10.5. The van der Waals surface area contributed by atoms with Gasteiger partial charge in [0.15, 0.2) is 11.6 Å². The van der Waals surface area contributed by atoms with Crippen molar-refractivity contribution in [3.8, 4) is 0 Å². The zero-order valence-electron chi connectivity index (χ0n) is 21.8. The Morgan fingerprint density at radius 3 is 2.26 bits per heavy atom. The number of non-ortho nitro benzene ring substituents is 1. The number of nitro groups is 1. The lowest BCUT2D eigenvalue weighted by atomic mass is 9.63. The number of anilines is 1. The van der Waals surface area contributed by atoms with Crippen molar-refractivity contribution in [1.82, 2.24) is 5.01 Å². The van der Waals surface area contributed by atoms with Crippen LogP contribution in [0.4, 0.5) is 11.4 Å². The van der Waals surface area contributed by atoms with Gasteiger partial charge in [0.05, 0.1) is 17.2 Å². The summed E-state index contributed by atoms with van der Waals surface area (Å²) in [6.45, 7) is 0. The number of Topliss-reactive ketones (excluding diaryl/α,β-unsaturated/α-hetero) is 2. The fourth-order valence-electron chi connectivity index (χ4n) is 6.73. The number of hydrogen-bond acceptors (Lipinski definition) is 7. The summed E-state index contributed by atoms with van der Waals surface area (Å²) < 4.78 is 0. The number of amides is 1. The molecular formula is C32H21ClN4O5. The van der Waals surface area contributed by atoms with Gasteiger partial charge in [-0.1, -0.05) is 72.3 Å². The van der Waals surface area contributed by atoms with Gasteiger partial charge in [-0.25, -0.2) is 0 Å². The molecule has 1 amide bonds. The average Bonchev–Trinajstić information content (AvgIpc) is 3.44. The van der Waals surface area contributed by atoms with Crippen LogP contribution in [0.3, 0.4) is 0 Å². The van der Waals surface area contributed by atoms with Crippen molar-refractivity contribution in [3.63, 3.8) is 0 Å². The van der Waals surface area contributed by atoms with Crippen molar-refractivity contribution >= 4 is 46.7 Å². The zero-order chi connectivity index (χ0) is 29.2. The number of rotatable bonds is 4. The molecule has 206 valence electrons. The zero-order valence-corrected chi connectivity index (χ0v) is 22.6. The average molecular weight is 577 g/mol. The van der Waals surface area contributed by atoms with Gasteiger partial charge in [-0.15, -0.1) is 0 Å². The molecule has 3 unspecified atom stereocenters. The molecule has 1 aliphatic carbocycles. The molecule has 0 aromatic heterocycles. The fourth-order valence-corrected chi connectivity index (χ4v) is 6.86. The highest BCUT2D eigenvalue weighted by atomic mass is 35.5. The Balaban J connectivity index is 1.50. The van der Waals surface area contributed by atoms with Crippen molar-refractivity contribution < 1.29 is 19.3 Å². The summed E-state index contributed by atoms with van der Waals surface area (Å²) in [5.74, 6) is -2.53. The van der Waals surface area contributed by atoms with Crippen molar-refractivity contribution in [2.24, 2.45) is 10.5 Å². The largest absolute Gasteiger partial charge is 0.324 e. The molecule has 4 aromatic rings. The molecule has 3 atom stereocenters. The van der Waals surface area contributed by atoms with E-state index in [4.69, 9.17) is 11.6 Å². The van der Waals surface area contributed by atoms with Gasteiger partial charge in [-0.3, -0.25) is 29.5 Å². The Bertz CT molecular complexity index is 1820. The molecule has 2 aliphatic heterocycles. The number of hydrazone groups is 1. The van der Waals surface area contributed by atoms with Crippen LogP contribution in [0.1, 0.15) is 49.4 Å². The number of carbonyl (C=O) groups is 3. The van der Waals surface area contributed by atoms with Crippen LogP contribution >= 0.6 is 11.6 Å². The van der Waals surface area contributed by atoms with E-state index in [0.717, 1.165) is 0 Å². The van der Waals surface area contributed by atoms with Crippen LogP contribution in [0.5, 0.6) is 0 Å². The van der Waals surface area contributed by atoms with Gasteiger partial charge in [-0.2, -0.15) is 5.10 Å². The third kappa shape index (κ3) is 3.56. The number of halogens is 1. The van der Waals surface area contributed by atoms with Crippen LogP contribution in [0.25, 0.3) is 0 Å². The van der Waals surface area contributed by atoms with E-state index in [0.29, 0.717) is 27.4 Å². The Labute approximate surface area is 244 Å². The summed E-state index contributed by atoms with van der Waals surface area (Å²) in [6.07, 6.45) is 1.61. The minimum Gasteiger partial charge on any atom is -0.324 e. The van der Waals surface area contributed by atoms with Crippen LogP contribution in [-0.4, -0.2) is 39.7 Å². The molecule has 10 heteroatoms. The van der Waals surface area contributed by atoms with E-state index in [1.165, 1.54) is 23.2 Å². The Morgan fingerprint density at radius 2 is 1.57 bits per heavy atom. The molecule has 0 saturated carbocycles. The van der Waals surface area contributed by atoms with Gasteiger partial charge in [0, 0.05) is 39.9 Å². The molecule has 1 N–H and O–H groups in total. The van der Waals surface area contributed by atoms with Crippen LogP contribution in [0.2, 0.25) is 5.02 Å². The molecule has 2 heterocycles. The van der Waals surface area contributed by atoms with Crippen molar-refractivity contribution in [3.05, 3.63) is 140 Å². The van der Waals surface area contributed by atoms with Gasteiger partial charge in [-0.05, 0) is 41.0 Å². The third-order valence-electron chi connectivity index (χ3n) is 8.40. The highest BCUT2D eigenvalue weighted by Gasteiger charge is 2.73. The van der Waals surface area contributed by atoms with Gasteiger partial charge in [0.25, 0.3) is 5.69 Å². The molecule has 42 heavy (non-hydrogen) atoms. The van der Waals surface area contributed by atoms with Crippen LogP contribution in [0, 0.1) is 15.5 Å². The molecular weight excluding hydrogens is 556 g/mol. The number of nitrogens with one attached hydrogen (secondary N) is 1. The van der Waals surface area contributed by atoms with Gasteiger partial charge in [0.1, 0.15) is 11.5 Å². The van der Waals surface area contributed by atoms with Crippen molar-refractivity contribution in [1.29, 1.82) is 0 Å². The number of fused-ring (bicyclic) bond motifs is 5. The molecule has 3 aliphatic rings. The summed E-state index contributed by atoms with van der Waals surface area (Å²) in [4.78, 5) is 54.9. The van der Waals surface area contributed by atoms with Gasteiger partial charge < -0.3 is 5.32 Å². The van der Waals surface area contributed by atoms with Crippen molar-refractivity contribution in [2.75, 3.05) is 5.32 Å². The van der Waals surface area contributed by atoms with Crippen LogP contribution in [0.15, 0.2) is 102 Å². The highest BCUT2D eigenvalue weighted by Crippen LogP contribution is 2.64. The molecule has 0 radical (unpaired) electrons. The molecule has 1 fully saturated rings. The number of carbonyl (C=O) groups excluding carboxylic acids is 3. The highest BCUT2D eigenvalue weighted by molar-refractivity contribution is 6.32. The van der Waals surface area contributed by atoms with E-state index in [1.54, 1.807) is 60.8 Å². The van der Waals surface area contributed by atoms with Gasteiger partial charge >= 0.3 is 0 Å². The standard InChI is InChI=1S/C32H21ClN4O5/c33-20-12-14-21(15-13-20)35-31(40)27-26(18-7-5-8-22(16-18)37(41)42)32(29(38)24-10-3-4-11-25(24)30(32)39)28-23-9-2-1-6-19(23)17-34-36(27)28/h1-17,26-28H,(H,35,40). The first kappa shape index (κ1) is 25.8. The predicted octanol–water partition coefficient (Wildman–Crippen LogP) is 5.81. The molecule has 9 nitrogen and oxygen atoms in total. The van der Waals surface area contributed by atoms with E-state index in [2.05, 4.69) is 10.4 Å². The minimum absolute atomic E-state index is 0.219. The van der Waals surface area contributed by atoms with E-state index < -0.39 is 45.8 Å². The van der Waals surface area contributed by atoms with Gasteiger partial charge in [0.2, 0.25) is 5.91 Å². The van der Waals surface area contributed by atoms with E-state index in [1.807, 2.05) is 24.3 Å². The summed E-state index contributed by atoms with van der Waals surface area (Å²) in [5.41, 5.74) is 0.612. The summed E-state index contributed by atoms with van der Waals surface area (Å²) in [6, 6.07) is 24.1. The number of nitro benzene ring substituents is 1. The number of hydrogen-bond donors (Lipinski definition) is 1. The Kier molecular flexibility index (Phi) is 5.81. The molecule has 4 aromatic carbocycles. The first-order valence-electron chi connectivity index (χ1n) is 13.2. The smallest absolute Gasteiger partial charge is 0.269 e. The maximum atomic E-state index is 14.7. The lowest BCUT2D eigenvalue weighted by molar-refractivity contribution is -0.384. The van der Waals surface area contributed by atoms with E-state index >= 15 is 0 Å². The monoisotopic (exact) mass is 576 g/mol. The first-order valence-corrected chi connectivity index (χ1v) is 13.6. The molecule has 7 rings (SSSR count). The topological polar surface area (TPSA) is 122 Å². The second kappa shape index (κ2) is 9.46. The van der Waals surface area contributed by atoms with Crippen molar-refractivity contribution in [2.45, 2.75) is 18.0 Å². The molecule has 1 spiro atoms. The van der Waals surface area contributed by atoms with E-state index in [9.17, 15) is 24.5 Å². The Hall–Kier alpha value is -5.15. The summed E-state index contributed by atoms with van der Waals surface area (Å²) in [5, 5.41) is 21.4. The van der Waals surface area contributed by atoms with Crippen LogP contribution in [-0.2, 0) is 4.79 Å². The third-order valence-corrected chi connectivity index (χ3v) is 8.65. The summed E-state index contributed by atoms with van der Waals surface area (Å²) in [7, 11) is 0. The first-order chi connectivity index (χ1) is 20.3.